The number of anilines is 2. The molecule has 1 N–H and O–H groups in total. The van der Waals surface area contributed by atoms with Crippen molar-refractivity contribution in [2.75, 3.05) is 5.32 Å². The third kappa shape index (κ3) is 2.50. The van der Waals surface area contributed by atoms with Gasteiger partial charge < -0.3 is 5.32 Å². The van der Waals surface area contributed by atoms with Crippen LogP contribution in [0.25, 0.3) is 0 Å². The molecule has 0 saturated heterocycles. The lowest BCUT2D eigenvalue weighted by atomic mass is 9.86. The first-order valence-corrected chi connectivity index (χ1v) is 5.05. The van der Waals surface area contributed by atoms with E-state index in [0.717, 1.165) is 0 Å². The number of hydrogen-bond donors (Lipinski definition) is 1. The van der Waals surface area contributed by atoms with E-state index in [4.69, 9.17) is 0 Å². The van der Waals surface area contributed by atoms with E-state index in [1.54, 1.807) is 17.6 Å². The van der Waals surface area contributed by atoms with Crippen LogP contribution in [0.15, 0.2) is 29.8 Å². The molecule has 1 aromatic carbocycles. The lowest BCUT2D eigenvalue weighted by Gasteiger charge is -2.03. The van der Waals surface area contributed by atoms with Crippen LogP contribution in [-0.2, 0) is 0 Å². The molecule has 76 valence electrons. The standard InChI is InChI=1S/C8H6BF2N3S/c10-9(11)6-2-1-3-7(4-6)13-8-14-12-5-15-8/h1-5H,(H,13,14). The predicted molar refractivity (Wildman–Crippen MR) is 57.2 cm³/mol. The Balaban J connectivity index is 2.18. The van der Waals surface area contributed by atoms with E-state index in [0.29, 0.717) is 10.8 Å². The second kappa shape index (κ2) is 4.35. The molecular formula is C8H6BF2N3S. The van der Waals surface area contributed by atoms with Crippen LogP contribution in [-0.4, -0.2) is 17.5 Å². The predicted octanol–water partition coefficient (Wildman–Crippen LogP) is 1.92. The van der Waals surface area contributed by atoms with Crippen molar-refractivity contribution in [3.05, 3.63) is 29.8 Å². The van der Waals surface area contributed by atoms with Gasteiger partial charge in [0, 0.05) is 5.69 Å². The second-order valence-electron chi connectivity index (χ2n) is 2.80. The maximum Gasteiger partial charge on any atom is 0.572 e. The summed E-state index contributed by atoms with van der Waals surface area (Å²) < 4.78 is 24.7. The van der Waals surface area contributed by atoms with Crippen molar-refractivity contribution in [3.63, 3.8) is 0 Å². The lowest BCUT2D eigenvalue weighted by Crippen LogP contribution is -2.20. The molecule has 0 atom stereocenters. The maximum absolute atomic E-state index is 12.4. The fraction of sp³-hybridized carbons (Fsp3) is 0. The summed E-state index contributed by atoms with van der Waals surface area (Å²) in [6, 6.07) is 6.06. The molecule has 1 heterocycles. The van der Waals surface area contributed by atoms with Crippen molar-refractivity contribution in [2.45, 2.75) is 0 Å². The number of aromatic nitrogens is 2. The Bertz CT molecular complexity index is 435. The van der Waals surface area contributed by atoms with Crippen LogP contribution in [0.1, 0.15) is 0 Å². The minimum Gasteiger partial charge on any atom is -0.330 e. The summed E-state index contributed by atoms with van der Waals surface area (Å²) in [7, 11) is -2.46. The summed E-state index contributed by atoms with van der Waals surface area (Å²) in [5.41, 5.74) is 2.15. The summed E-state index contributed by atoms with van der Waals surface area (Å²) in [5, 5.41) is 10.9. The van der Waals surface area contributed by atoms with E-state index in [1.807, 2.05) is 0 Å². The molecule has 0 amide bonds. The highest BCUT2D eigenvalue weighted by Crippen LogP contribution is 2.16. The molecule has 0 aliphatic rings. The van der Waals surface area contributed by atoms with Crippen LogP contribution >= 0.6 is 11.3 Å². The van der Waals surface area contributed by atoms with E-state index in [2.05, 4.69) is 15.5 Å². The Morgan fingerprint density at radius 3 is 2.87 bits per heavy atom. The van der Waals surface area contributed by atoms with E-state index in [1.165, 1.54) is 23.5 Å². The number of nitrogens with one attached hydrogen (secondary N) is 1. The first-order valence-electron chi connectivity index (χ1n) is 4.17. The van der Waals surface area contributed by atoms with Gasteiger partial charge in [0.05, 0.1) is 0 Å². The molecule has 0 radical (unpaired) electrons. The number of hydrogen-bond acceptors (Lipinski definition) is 4. The van der Waals surface area contributed by atoms with Gasteiger partial charge in [0.25, 0.3) is 0 Å². The topological polar surface area (TPSA) is 37.8 Å². The van der Waals surface area contributed by atoms with Crippen LogP contribution in [0.2, 0.25) is 0 Å². The Morgan fingerprint density at radius 1 is 1.33 bits per heavy atom. The zero-order valence-corrected chi connectivity index (χ0v) is 8.34. The molecule has 0 bridgehead atoms. The molecule has 7 heteroatoms. The van der Waals surface area contributed by atoms with E-state index in [-0.39, 0.29) is 5.46 Å². The molecule has 2 aromatic rings. The van der Waals surface area contributed by atoms with Crippen LogP contribution in [0.4, 0.5) is 19.5 Å². The van der Waals surface area contributed by atoms with E-state index in [9.17, 15) is 8.63 Å². The number of halogens is 2. The number of nitrogens with zero attached hydrogens (tertiary/aromatic N) is 2. The molecule has 15 heavy (non-hydrogen) atoms. The monoisotopic (exact) mass is 225 g/mol. The van der Waals surface area contributed by atoms with Gasteiger partial charge in [-0.3, -0.25) is 8.63 Å². The number of benzene rings is 1. The van der Waals surface area contributed by atoms with Crippen LogP contribution in [0.5, 0.6) is 0 Å². The van der Waals surface area contributed by atoms with E-state index >= 15 is 0 Å². The Kier molecular flexibility index (Phi) is 2.91. The fourth-order valence-corrected chi connectivity index (χ4v) is 1.57. The molecule has 0 fully saturated rings. The molecule has 1 aromatic heterocycles. The van der Waals surface area contributed by atoms with Crippen LogP contribution in [0.3, 0.4) is 0 Å². The van der Waals surface area contributed by atoms with Gasteiger partial charge in [-0.15, -0.1) is 10.2 Å². The highest BCUT2D eigenvalue weighted by molar-refractivity contribution is 7.13. The lowest BCUT2D eigenvalue weighted by molar-refractivity contribution is 0.685. The Labute approximate surface area is 89.3 Å². The van der Waals surface area contributed by atoms with Gasteiger partial charge in [-0.1, -0.05) is 23.5 Å². The van der Waals surface area contributed by atoms with Crippen LogP contribution < -0.4 is 10.8 Å². The number of rotatable bonds is 3. The minimum absolute atomic E-state index is 0.00971. The summed E-state index contributed by atoms with van der Waals surface area (Å²) in [4.78, 5) is 0. The third-order valence-electron chi connectivity index (χ3n) is 1.75. The minimum atomic E-state index is -2.46. The maximum atomic E-state index is 12.4. The molecule has 3 nitrogen and oxygen atoms in total. The SMILES string of the molecule is FB(F)c1cccc(Nc2nncs2)c1. The quantitative estimate of drug-likeness (QED) is 0.810. The Morgan fingerprint density at radius 2 is 2.20 bits per heavy atom. The van der Waals surface area contributed by atoms with Gasteiger partial charge in [-0.2, -0.15) is 0 Å². The molecule has 0 unspecified atom stereocenters. The first-order chi connectivity index (χ1) is 7.25. The molecular weight excluding hydrogens is 219 g/mol. The van der Waals surface area contributed by atoms with Gasteiger partial charge in [0.15, 0.2) is 0 Å². The first kappa shape index (κ1) is 10.0. The molecule has 0 aliphatic carbocycles. The van der Waals surface area contributed by atoms with Gasteiger partial charge in [-0.25, -0.2) is 0 Å². The second-order valence-corrected chi connectivity index (χ2v) is 3.63. The zero-order chi connectivity index (χ0) is 10.7. The average molecular weight is 225 g/mol. The highest BCUT2D eigenvalue weighted by atomic mass is 32.1. The summed E-state index contributed by atoms with van der Waals surface area (Å²) >= 11 is 1.31. The summed E-state index contributed by atoms with van der Waals surface area (Å²) in [6.07, 6.45) is 0. The smallest absolute Gasteiger partial charge is 0.330 e. The van der Waals surface area contributed by atoms with Crippen LogP contribution in [0, 0.1) is 0 Å². The van der Waals surface area contributed by atoms with E-state index < -0.39 is 7.27 Å². The normalized spacial score (nSPS) is 10.0. The molecule has 0 spiro atoms. The van der Waals surface area contributed by atoms with Crippen molar-refractivity contribution in [1.82, 2.24) is 10.2 Å². The molecule has 2 rings (SSSR count). The van der Waals surface area contributed by atoms with Gasteiger partial charge in [-0.05, 0) is 17.6 Å². The van der Waals surface area contributed by atoms with Gasteiger partial charge >= 0.3 is 7.27 Å². The fourth-order valence-electron chi connectivity index (χ4n) is 1.10. The summed E-state index contributed by atoms with van der Waals surface area (Å²) in [6.45, 7) is 0. The van der Waals surface area contributed by atoms with Crippen molar-refractivity contribution in [3.8, 4) is 0 Å². The molecule has 0 saturated carbocycles. The largest absolute Gasteiger partial charge is 0.572 e. The van der Waals surface area contributed by atoms with Crippen molar-refractivity contribution < 1.29 is 8.63 Å². The van der Waals surface area contributed by atoms with Crippen molar-refractivity contribution in [2.24, 2.45) is 0 Å². The Hall–Kier alpha value is -1.50. The zero-order valence-electron chi connectivity index (χ0n) is 7.52. The van der Waals surface area contributed by atoms with Gasteiger partial charge in [0.1, 0.15) is 5.51 Å². The third-order valence-corrected chi connectivity index (χ3v) is 2.36. The van der Waals surface area contributed by atoms with Crippen molar-refractivity contribution >= 4 is 34.9 Å². The summed E-state index contributed by atoms with van der Waals surface area (Å²) in [5.74, 6) is 0. The molecule has 0 aliphatic heterocycles. The van der Waals surface area contributed by atoms with Crippen molar-refractivity contribution in [1.29, 1.82) is 0 Å². The highest BCUT2D eigenvalue weighted by Gasteiger charge is 2.15. The average Bonchev–Trinajstić information content (AvgIpc) is 2.71. The van der Waals surface area contributed by atoms with Gasteiger partial charge in [0.2, 0.25) is 5.13 Å².